The highest BCUT2D eigenvalue weighted by atomic mass is 16.5. The predicted molar refractivity (Wildman–Crippen MR) is 48.5 cm³/mol. The first-order valence-electron chi connectivity index (χ1n) is 4.06. The van der Waals surface area contributed by atoms with Crippen molar-refractivity contribution in [3.63, 3.8) is 0 Å². The maximum Gasteiger partial charge on any atom is 0.144 e. The van der Waals surface area contributed by atoms with Crippen LogP contribution in [-0.4, -0.2) is 25.3 Å². The van der Waals surface area contributed by atoms with E-state index >= 15 is 0 Å². The van der Waals surface area contributed by atoms with E-state index in [1.54, 1.807) is 19.4 Å². The average Bonchev–Trinajstić information content (AvgIpc) is 2.15. The second-order valence-electron chi connectivity index (χ2n) is 2.60. The molecule has 13 heavy (non-hydrogen) atoms. The van der Waals surface area contributed by atoms with Gasteiger partial charge in [0.25, 0.3) is 0 Å². The van der Waals surface area contributed by atoms with E-state index in [9.17, 15) is 0 Å². The predicted octanol–water partition coefficient (Wildman–Crippen LogP) is 1.16. The molecule has 0 saturated heterocycles. The van der Waals surface area contributed by atoms with Gasteiger partial charge in [0, 0.05) is 13.3 Å². The van der Waals surface area contributed by atoms with Gasteiger partial charge in [-0.05, 0) is 11.6 Å². The number of hydrogen-bond acceptors (Lipinski definition) is 3. The fourth-order valence-corrected chi connectivity index (χ4v) is 0.842. The molecule has 0 spiro atoms. The second-order valence-corrected chi connectivity index (χ2v) is 2.60. The zero-order valence-electron chi connectivity index (χ0n) is 7.62. The molecule has 0 aliphatic heterocycles. The number of ether oxygens (including phenoxy) is 2. The van der Waals surface area contributed by atoms with Crippen LogP contribution in [0.3, 0.4) is 0 Å². The highest BCUT2D eigenvalue weighted by Gasteiger charge is 1.93. The summed E-state index contributed by atoms with van der Waals surface area (Å²) in [7, 11) is 1.64. The molecule has 4 nitrogen and oxygen atoms in total. The highest BCUT2D eigenvalue weighted by Crippen LogP contribution is 2.03. The molecule has 0 unspecified atom stereocenters. The number of nitrogens with zero attached hydrogens (tertiary/aromatic N) is 1. The fraction of sp³-hybridized carbons (Fsp3) is 0.444. The Labute approximate surface area is 77.7 Å². The third-order valence-electron chi connectivity index (χ3n) is 1.53. The van der Waals surface area contributed by atoms with E-state index in [2.05, 4.69) is 4.98 Å². The minimum Gasteiger partial charge on any atom is -0.382 e. The van der Waals surface area contributed by atoms with Gasteiger partial charge >= 0.3 is 0 Å². The normalized spacial score (nSPS) is 10.2. The van der Waals surface area contributed by atoms with Gasteiger partial charge in [0.15, 0.2) is 0 Å². The first-order chi connectivity index (χ1) is 6.33. The lowest BCUT2D eigenvalue weighted by molar-refractivity contribution is 0.0615. The summed E-state index contributed by atoms with van der Waals surface area (Å²) in [5.41, 5.74) is 8.14. The van der Waals surface area contributed by atoms with Crippen molar-refractivity contribution in [1.82, 2.24) is 10.7 Å². The lowest BCUT2D eigenvalue weighted by atomic mass is 10.3. The molecule has 1 heterocycles. The molecule has 0 saturated carbocycles. The number of nitrogens with one attached hydrogen (secondary N) is 1. The summed E-state index contributed by atoms with van der Waals surface area (Å²) in [4.78, 5) is 3.83. The van der Waals surface area contributed by atoms with Gasteiger partial charge in [0.1, 0.15) is 5.82 Å². The quantitative estimate of drug-likeness (QED) is 0.640. The van der Waals surface area contributed by atoms with Crippen molar-refractivity contribution in [3.05, 3.63) is 23.9 Å². The molecule has 1 N–H and O–H groups in total. The summed E-state index contributed by atoms with van der Waals surface area (Å²) in [5.74, 6) is 0.278. The second kappa shape index (κ2) is 5.50. The Hall–Kier alpha value is -1.13. The largest absolute Gasteiger partial charge is 0.382 e. The Morgan fingerprint density at radius 1 is 1.38 bits per heavy atom. The fourth-order valence-electron chi connectivity index (χ4n) is 0.842. The molecule has 1 rings (SSSR count). The average molecular weight is 181 g/mol. The van der Waals surface area contributed by atoms with Crippen molar-refractivity contribution < 1.29 is 9.47 Å². The van der Waals surface area contributed by atoms with Crippen molar-refractivity contribution in [2.24, 2.45) is 0 Å². The summed E-state index contributed by atoms with van der Waals surface area (Å²) in [6.45, 7) is 1.71. The van der Waals surface area contributed by atoms with Crippen molar-refractivity contribution in [1.29, 1.82) is 0 Å². The molecule has 0 fully saturated rings. The Morgan fingerprint density at radius 3 is 2.85 bits per heavy atom. The summed E-state index contributed by atoms with van der Waals surface area (Å²) in [6, 6.07) is 3.48. The van der Waals surface area contributed by atoms with Crippen LogP contribution in [0.4, 0.5) is 5.82 Å². The minimum atomic E-state index is 0.278. The third-order valence-corrected chi connectivity index (χ3v) is 1.53. The molecule has 0 aromatic carbocycles. The van der Waals surface area contributed by atoms with E-state index in [4.69, 9.17) is 15.2 Å². The SMILES string of the molecule is COCCOCc1ccc([NH])nc1. The molecule has 0 aliphatic rings. The van der Waals surface area contributed by atoms with Crippen molar-refractivity contribution in [2.75, 3.05) is 20.3 Å². The molecular weight excluding hydrogens is 168 g/mol. The number of aromatic nitrogens is 1. The van der Waals surface area contributed by atoms with Gasteiger partial charge in [-0.1, -0.05) is 6.07 Å². The number of rotatable bonds is 5. The third kappa shape index (κ3) is 3.87. The maximum absolute atomic E-state index is 7.16. The monoisotopic (exact) mass is 181 g/mol. The summed E-state index contributed by atoms with van der Waals surface area (Å²) >= 11 is 0. The first-order valence-corrected chi connectivity index (χ1v) is 4.06. The van der Waals surface area contributed by atoms with Crippen LogP contribution < -0.4 is 5.73 Å². The molecule has 0 bridgehead atoms. The van der Waals surface area contributed by atoms with Crippen LogP contribution in [0, 0.1) is 0 Å². The van der Waals surface area contributed by atoms with Crippen molar-refractivity contribution in [3.8, 4) is 0 Å². The number of pyridine rings is 1. The minimum absolute atomic E-state index is 0.278. The van der Waals surface area contributed by atoms with E-state index in [0.717, 1.165) is 5.56 Å². The Morgan fingerprint density at radius 2 is 2.23 bits per heavy atom. The highest BCUT2D eigenvalue weighted by molar-refractivity contribution is 5.25. The number of hydrogen-bond donors (Lipinski definition) is 0. The maximum atomic E-state index is 7.16. The van der Waals surface area contributed by atoms with Crippen LogP contribution in [0.2, 0.25) is 0 Å². The van der Waals surface area contributed by atoms with E-state index < -0.39 is 0 Å². The first kappa shape index (κ1) is 9.95. The summed E-state index contributed by atoms with van der Waals surface area (Å²) in [6.07, 6.45) is 1.65. The molecular formula is C9H13N2O2. The Kier molecular flexibility index (Phi) is 4.21. The zero-order chi connectivity index (χ0) is 9.52. The van der Waals surface area contributed by atoms with E-state index in [0.29, 0.717) is 19.8 Å². The van der Waals surface area contributed by atoms with E-state index in [1.165, 1.54) is 0 Å². The molecule has 1 radical (unpaired) electrons. The van der Waals surface area contributed by atoms with Crippen LogP contribution in [0.15, 0.2) is 18.3 Å². The summed E-state index contributed by atoms with van der Waals surface area (Å²) in [5, 5.41) is 0. The van der Waals surface area contributed by atoms with Gasteiger partial charge < -0.3 is 9.47 Å². The van der Waals surface area contributed by atoms with E-state index in [1.807, 2.05) is 6.07 Å². The zero-order valence-corrected chi connectivity index (χ0v) is 7.62. The molecule has 1 aromatic rings. The molecule has 1 aromatic heterocycles. The van der Waals surface area contributed by atoms with Gasteiger partial charge in [-0.25, -0.2) is 4.98 Å². The molecule has 4 heteroatoms. The lowest BCUT2D eigenvalue weighted by Gasteiger charge is -2.02. The summed E-state index contributed by atoms with van der Waals surface area (Å²) < 4.78 is 10.1. The van der Waals surface area contributed by atoms with Crippen LogP contribution in [0.5, 0.6) is 0 Å². The van der Waals surface area contributed by atoms with Crippen LogP contribution in [0.25, 0.3) is 0 Å². The molecule has 0 atom stereocenters. The molecule has 0 amide bonds. The number of methoxy groups -OCH3 is 1. The standard InChI is InChI=1S/C9H13N2O2/c1-12-4-5-13-7-8-2-3-9(10)11-6-8/h2-3,6,10H,4-5,7H2,1H3. The van der Waals surface area contributed by atoms with Crippen molar-refractivity contribution >= 4 is 5.82 Å². The molecule has 71 valence electrons. The Balaban J connectivity index is 2.25. The van der Waals surface area contributed by atoms with Gasteiger partial charge in [-0.3, -0.25) is 5.73 Å². The van der Waals surface area contributed by atoms with E-state index in [-0.39, 0.29) is 5.82 Å². The van der Waals surface area contributed by atoms with Gasteiger partial charge in [-0.2, -0.15) is 0 Å². The van der Waals surface area contributed by atoms with Crippen LogP contribution >= 0.6 is 0 Å². The lowest BCUT2D eigenvalue weighted by Crippen LogP contribution is -2.01. The van der Waals surface area contributed by atoms with Gasteiger partial charge in [-0.15, -0.1) is 0 Å². The van der Waals surface area contributed by atoms with Gasteiger partial charge in [0.2, 0.25) is 0 Å². The van der Waals surface area contributed by atoms with Gasteiger partial charge in [0.05, 0.1) is 19.8 Å². The van der Waals surface area contributed by atoms with Crippen LogP contribution in [0.1, 0.15) is 5.56 Å². The smallest absolute Gasteiger partial charge is 0.144 e. The Bertz CT molecular complexity index is 236. The topological polar surface area (TPSA) is 55.2 Å². The molecule has 0 aliphatic carbocycles. The van der Waals surface area contributed by atoms with Crippen molar-refractivity contribution in [2.45, 2.75) is 6.61 Å². The van der Waals surface area contributed by atoms with Crippen LogP contribution in [-0.2, 0) is 16.1 Å².